The minimum absolute atomic E-state index is 0.212. The van der Waals surface area contributed by atoms with Crippen molar-refractivity contribution in [3.63, 3.8) is 0 Å². The number of hydrogen-bond acceptors (Lipinski definition) is 6. The van der Waals surface area contributed by atoms with E-state index in [1.165, 1.54) is 6.07 Å². The number of halogens is 3. The van der Waals surface area contributed by atoms with Crippen LogP contribution in [0.15, 0.2) is 40.2 Å². The van der Waals surface area contributed by atoms with Crippen molar-refractivity contribution in [2.45, 2.75) is 37.3 Å². The van der Waals surface area contributed by atoms with Crippen molar-refractivity contribution in [1.82, 2.24) is 20.0 Å². The maximum Gasteiger partial charge on any atom is 0.490 e. The Morgan fingerprint density at radius 2 is 1.70 bits per heavy atom. The second-order valence-corrected chi connectivity index (χ2v) is 9.79. The van der Waals surface area contributed by atoms with E-state index < -0.39 is 28.1 Å². The lowest BCUT2D eigenvalue weighted by atomic mass is 9.99. The number of aromatic nitrogens is 2. The average molecular weight is 549 g/mol. The van der Waals surface area contributed by atoms with Crippen molar-refractivity contribution in [2.24, 2.45) is 5.92 Å². The molecule has 0 amide bonds. The summed E-state index contributed by atoms with van der Waals surface area (Å²) in [5.41, 5.74) is 0.853. The van der Waals surface area contributed by atoms with Gasteiger partial charge in [-0.3, -0.25) is 9.59 Å². The summed E-state index contributed by atoms with van der Waals surface area (Å²) in [6.07, 6.45) is -1.23. The number of sulfonamides is 1. The second kappa shape index (κ2) is 12.7. The standard InChI is InChI=1S/C17H20N4O3S.C3H6O2.C2HF3O2/c22-17-16-13(5-8-19-16)14-9-12(1-2-15(14)21-17)25(23,24)20-10-11-3-6-18-7-4-11;1-2-3(4)5;3-2(4,5)1(6)7/h1-2,5,8-9,11,18-20H,3-4,6-7,10H2,(H,21,22);2H2,1H3,(H,4,5);(H,6,7). The van der Waals surface area contributed by atoms with Crippen molar-refractivity contribution in [1.29, 1.82) is 0 Å². The first-order chi connectivity index (χ1) is 17.3. The van der Waals surface area contributed by atoms with E-state index in [-0.39, 0.29) is 16.9 Å². The molecule has 11 nitrogen and oxygen atoms in total. The molecule has 0 unspecified atom stereocenters. The molecule has 0 bridgehead atoms. The van der Waals surface area contributed by atoms with E-state index in [0.717, 1.165) is 25.9 Å². The molecule has 1 fully saturated rings. The lowest BCUT2D eigenvalue weighted by Crippen LogP contribution is -2.35. The molecule has 0 aliphatic carbocycles. The highest BCUT2D eigenvalue weighted by Crippen LogP contribution is 2.24. The Balaban J connectivity index is 0.000000337. The molecule has 37 heavy (non-hydrogen) atoms. The fourth-order valence-corrected chi connectivity index (χ4v) is 4.53. The van der Waals surface area contributed by atoms with Crippen molar-refractivity contribution < 1.29 is 41.4 Å². The van der Waals surface area contributed by atoms with E-state index in [1.807, 2.05) is 0 Å². The van der Waals surface area contributed by atoms with Gasteiger partial charge in [0.25, 0.3) is 5.56 Å². The van der Waals surface area contributed by atoms with Crippen molar-refractivity contribution in [3.8, 4) is 0 Å². The molecule has 6 N–H and O–H groups in total. The third-order valence-corrected chi connectivity index (χ3v) is 6.80. The third kappa shape index (κ3) is 8.58. The lowest BCUT2D eigenvalue weighted by molar-refractivity contribution is -0.192. The van der Waals surface area contributed by atoms with Crippen LogP contribution in [0.2, 0.25) is 0 Å². The Hall–Kier alpha value is -3.43. The first-order valence-electron chi connectivity index (χ1n) is 11.1. The molecule has 3 heterocycles. The molecule has 0 saturated carbocycles. The van der Waals surface area contributed by atoms with Gasteiger partial charge in [-0.25, -0.2) is 17.9 Å². The largest absolute Gasteiger partial charge is 0.490 e. The highest BCUT2D eigenvalue weighted by Gasteiger charge is 2.38. The molecule has 4 rings (SSSR count). The van der Waals surface area contributed by atoms with Crippen molar-refractivity contribution >= 4 is 43.8 Å². The van der Waals surface area contributed by atoms with E-state index in [0.29, 0.717) is 34.3 Å². The summed E-state index contributed by atoms with van der Waals surface area (Å²) in [5, 5.41) is 19.5. The molecule has 0 radical (unpaired) electrons. The molecule has 1 aromatic carbocycles. The zero-order chi connectivity index (χ0) is 27.8. The molecule has 1 saturated heterocycles. The number of benzene rings is 1. The lowest BCUT2D eigenvalue weighted by Gasteiger charge is -2.22. The fraction of sp³-hybridized carbons (Fsp3) is 0.409. The van der Waals surface area contributed by atoms with Gasteiger partial charge in [0.1, 0.15) is 5.52 Å². The SMILES string of the molecule is CCC(=O)O.O=C(O)C(F)(F)F.O=c1[nH]c2ccc(S(=O)(=O)NCC3CCNCC3)cc2c2cc[nH]c12. The van der Waals surface area contributed by atoms with Crippen LogP contribution in [0.25, 0.3) is 21.8 Å². The number of rotatable bonds is 5. The number of piperidine rings is 1. The Bertz CT molecular complexity index is 1390. The number of H-pyrrole nitrogens is 2. The molecule has 2 aromatic heterocycles. The molecule has 3 aromatic rings. The van der Waals surface area contributed by atoms with Gasteiger partial charge >= 0.3 is 18.1 Å². The zero-order valence-corrected chi connectivity index (χ0v) is 20.5. The van der Waals surface area contributed by atoms with E-state index in [1.54, 1.807) is 31.3 Å². The number of fused-ring (bicyclic) bond motifs is 3. The molecule has 0 spiro atoms. The van der Waals surface area contributed by atoms with Crippen LogP contribution >= 0.6 is 0 Å². The van der Waals surface area contributed by atoms with Gasteiger partial charge in [0.15, 0.2) is 0 Å². The van der Waals surface area contributed by atoms with Crippen LogP contribution in [-0.2, 0) is 19.6 Å². The van der Waals surface area contributed by atoms with Crippen LogP contribution in [0, 0.1) is 5.92 Å². The second-order valence-electron chi connectivity index (χ2n) is 8.02. The highest BCUT2D eigenvalue weighted by molar-refractivity contribution is 7.89. The van der Waals surface area contributed by atoms with E-state index in [9.17, 15) is 31.2 Å². The van der Waals surface area contributed by atoms with Crippen LogP contribution in [-0.4, -0.2) is 66.3 Å². The molecular weight excluding hydrogens is 521 g/mol. The minimum Gasteiger partial charge on any atom is -0.481 e. The molecule has 0 atom stereocenters. The molecule has 15 heteroatoms. The molecular formula is C22H27F3N4O7S. The summed E-state index contributed by atoms with van der Waals surface area (Å²) >= 11 is 0. The number of carboxylic acid groups (broad SMARTS) is 2. The van der Waals surface area contributed by atoms with E-state index in [2.05, 4.69) is 20.0 Å². The zero-order valence-electron chi connectivity index (χ0n) is 19.7. The third-order valence-electron chi connectivity index (χ3n) is 5.38. The van der Waals surface area contributed by atoms with E-state index >= 15 is 0 Å². The molecule has 1 aliphatic rings. The molecule has 204 valence electrons. The first-order valence-corrected chi connectivity index (χ1v) is 12.6. The van der Waals surface area contributed by atoms with Gasteiger partial charge in [-0.2, -0.15) is 13.2 Å². The number of hydrogen-bond donors (Lipinski definition) is 6. The number of aliphatic carboxylic acids is 2. The molecule has 1 aliphatic heterocycles. The number of nitrogens with one attached hydrogen (secondary N) is 4. The normalized spacial score (nSPS) is 14.4. The van der Waals surface area contributed by atoms with Crippen LogP contribution in [0.4, 0.5) is 13.2 Å². The Morgan fingerprint density at radius 1 is 1.11 bits per heavy atom. The Kier molecular flexibility index (Phi) is 10.2. The Morgan fingerprint density at radius 3 is 2.24 bits per heavy atom. The van der Waals surface area contributed by atoms with Crippen molar-refractivity contribution in [2.75, 3.05) is 19.6 Å². The first kappa shape index (κ1) is 29.8. The monoisotopic (exact) mass is 548 g/mol. The topological polar surface area (TPSA) is 181 Å². The quantitative estimate of drug-likeness (QED) is 0.281. The average Bonchev–Trinajstić information content (AvgIpc) is 3.35. The Labute approximate surface area is 209 Å². The predicted octanol–water partition coefficient (Wildman–Crippen LogP) is 2.40. The van der Waals surface area contributed by atoms with Gasteiger partial charge < -0.3 is 25.5 Å². The smallest absolute Gasteiger partial charge is 0.481 e. The van der Waals surface area contributed by atoms with Gasteiger partial charge in [-0.1, -0.05) is 6.92 Å². The van der Waals surface area contributed by atoms with Crippen LogP contribution in [0.5, 0.6) is 0 Å². The summed E-state index contributed by atoms with van der Waals surface area (Å²) in [7, 11) is -3.59. The predicted molar refractivity (Wildman–Crippen MR) is 129 cm³/mol. The summed E-state index contributed by atoms with van der Waals surface area (Å²) in [6.45, 7) is 3.91. The number of aromatic amines is 2. The number of alkyl halides is 3. The maximum atomic E-state index is 12.7. The minimum atomic E-state index is -5.08. The van der Waals surface area contributed by atoms with Gasteiger partial charge in [0, 0.05) is 35.5 Å². The number of carboxylic acids is 2. The van der Waals surface area contributed by atoms with E-state index in [4.69, 9.17) is 15.0 Å². The van der Waals surface area contributed by atoms with Gasteiger partial charge in [-0.05, 0) is 56.1 Å². The van der Waals surface area contributed by atoms with Gasteiger partial charge in [-0.15, -0.1) is 0 Å². The summed E-state index contributed by atoms with van der Waals surface area (Å²) in [5.74, 6) is -3.14. The fourth-order valence-electron chi connectivity index (χ4n) is 3.39. The number of carbonyl (C=O) groups is 2. The summed E-state index contributed by atoms with van der Waals surface area (Å²) < 4.78 is 59.8. The van der Waals surface area contributed by atoms with Gasteiger partial charge in [0.2, 0.25) is 10.0 Å². The maximum absolute atomic E-state index is 12.7. The summed E-state index contributed by atoms with van der Waals surface area (Å²) in [4.78, 5) is 36.1. The summed E-state index contributed by atoms with van der Waals surface area (Å²) in [6, 6.07) is 6.57. The van der Waals surface area contributed by atoms with Crippen LogP contribution in [0.1, 0.15) is 26.2 Å². The van der Waals surface area contributed by atoms with Crippen molar-refractivity contribution in [3.05, 3.63) is 40.8 Å². The van der Waals surface area contributed by atoms with Crippen LogP contribution < -0.4 is 15.6 Å². The number of pyridine rings is 1. The van der Waals surface area contributed by atoms with Crippen LogP contribution in [0.3, 0.4) is 0 Å². The van der Waals surface area contributed by atoms with Gasteiger partial charge in [0.05, 0.1) is 4.90 Å². The highest BCUT2D eigenvalue weighted by atomic mass is 32.2.